The van der Waals surface area contributed by atoms with Crippen LogP contribution < -0.4 is 0 Å². The van der Waals surface area contributed by atoms with E-state index in [1.54, 1.807) is 0 Å². The van der Waals surface area contributed by atoms with E-state index in [2.05, 4.69) is 57.0 Å². The van der Waals surface area contributed by atoms with Crippen molar-refractivity contribution in [2.75, 3.05) is 20.1 Å². The maximum absolute atomic E-state index is 10.8. The molecule has 2 rings (SSSR count). The molecule has 0 radical (unpaired) electrons. The third-order valence-electron chi connectivity index (χ3n) is 3.95. The van der Waals surface area contributed by atoms with E-state index in [0.717, 1.165) is 31.5 Å². The highest BCUT2D eigenvalue weighted by Crippen LogP contribution is 2.32. The summed E-state index contributed by atoms with van der Waals surface area (Å²) in [5.41, 5.74) is 1.88. The summed E-state index contributed by atoms with van der Waals surface area (Å²) >= 11 is 0. The fourth-order valence-electron chi connectivity index (χ4n) is 2.76. The molecule has 1 aromatic rings. The van der Waals surface area contributed by atoms with Crippen molar-refractivity contribution in [2.45, 2.75) is 44.6 Å². The number of nitrogens with zero attached hydrogens (tertiary/aromatic N) is 1. The van der Waals surface area contributed by atoms with Crippen molar-refractivity contribution in [2.24, 2.45) is 0 Å². The molecular formula is C16H25NO. The van der Waals surface area contributed by atoms with Gasteiger partial charge in [0, 0.05) is 6.54 Å². The topological polar surface area (TPSA) is 23.5 Å². The Hall–Kier alpha value is -0.860. The van der Waals surface area contributed by atoms with E-state index in [-0.39, 0.29) is 5.41 Å². The minimum Gasteiger partial charge on any atom is -0.384 e. The maximum atomic E-state index is 10.8. The van der Waals surface area contributed by atoms with Crippen molar-refractivity contribution in [1.82, 2.24) is 4.90 Å². The van der Waals surface area contributed by atoms with Crippen LogP contribution in [0.1, 0.15) is 44.7 Å². The fraction of sp³-hybridized carbons (Fsp3) is 0.625. The van der Waals surface area contributed by atoms with Gasteiger partial charge in [-0.1, -0.05) is 45.0 Å². The maximum Gasteiger partial charge on any atom is 0.102 e. The molecule has 18 heavy (non-hydrogen) atoms. The Labute approximate surface area is 111 Å². The van der Waals surface area contributed by atoms with Gasteiger partial charge in [-0.05, 0) is 43.0 Å². The fourth-order valence-corrected chi connectivity index (χ4v) is 2.76. The van der Waals surface area contributed by atoms with Crippen LogP contribution in [-0.4, -0.2) is 30.1 Å². The monoisotopic (exact) mass is 247 g/mol. The van der Waals surface area contributed by atoms with Crippen LogP contribution >= 0.6 is 0 Å². The summed E-state index contributed by atoms with van der Waals surface area (Å²) in [5.74, 6) is 0. The standard InChI is InChI=1S/C16H25NO/c1-15(2,3)13-6-8-14(9-7-13)16(18)10-5-11-17(4)12-16/h6-9,18H,5,10-12H2,1-4H3. The van der Waals surface area contributed by atoms with Crippen LogP contribution in [0.5, 0.6) is 0 Å². The molecule has 0 aromatic heterocycles. The Balaban J connectivity index is 2.23. The predicted octanol–water partition coefficient (Wildman–Crippen LogP) is 2.90. The number of β-amino-alcohol motifs (C(OH)–C–C–N with tert-alkyl or cyclic N) is 1. The van der Waals surface area contributed by atoms with Crippen LogP contribution in [0.25, 0.3) is 0 Å². The molecule has 2 nitrogen and oxygen atoms in total. The largest absolute Gasteiger partial charge is 0.384 e. The molecule has 0 aliphatic carbocycles. The number of likely N-dealkylation sites (N-methyl/N-ethyl adjacent to an activating group) is 1. The number of hydrogen-bond donors (Lipinski definition) is 1. The van der Waals surface area contributed by atoms with Crippen molar-refractivity contribution in [3.05, 3.63) is 35.4 Å². The third kappa shape index (κ3) is 2.76. The van der Waals surface area contributed by atoms with Crippen LogP contribution in [0, 0.1) is 0 Å². The van der Waals surface area contributed by atoms with Crippen molar-refractivity contribution in [3.8, 4) is 0 Å². The smallest absolute Gasteiger partial charge is 0.102 e. The summed E-state index contributed by atoms with van der Waals surface area (Å²) in [6.07, 6.45) is 1.93. The van der Waals surface area contributed by atoms with E-state index in [1.807, 2.05) is 0 Å². The molecule has 1 unspecified atom stereocenters. The lowest BCUT2D eigenvalue weighted by atomic mass is 9.82. The second-order valence-corrected chi connectivity index (χ2v) is 6.70. The predicted molar refractivity (Wildman–Crippen MR) is 75.8 cm³/mol. The molecule has 1 heterocycles. The van der Waals surface area contributed by atoms with Gasteiger partial charge in [-0.25, -0.2) is 0 Å². The molecule has 0 bridgehead atoms. The molecule has 0 saturated carbocycles. The van der Waals surface area contributed by atoms with Gasteiger partial charge in [0.1, 0.15) is 5.60 Å². The van der Waals surface area contributed by atoms with E-state index in [4.69, 9.17) is 0 Å². The Kier molecular flexibility index (Phi) is 3.52. The minimum atomic E-state index is -0.663. The zero-order valence-corrected chi connectivity index (χ0v) is 12.0. The molecule has 2 heteroatoms. The number of rotatable bonds is 1. The van der Waals surface area contributed by atoms with Crippen molar-refractivity contribution in [3.63, 3.8) is 0 Å². The molecule has 1 saturated heterocycles. The van der Waals surface area contributed by atoms with E-state index < -0.39 is 5.60 Å². The zero-order chi connectivity index (χ0) is 13.4. The Morgan fingerprint density at radius 2 is 1.78 bits per heavy atom. The van der Waals surface area contributed by atoms with Crippen molar-refractivity contribution < 1.29 is 5.11 Å². The van der Waals surface area contributed by atoms with Gasteiger partial charge in [0.25, 0.3) is 0 Å². The molecular weight excluding hydrogens is 222 g/mol. The Morgan fingerprint density at radius 3 is 2.28 bits per heavy atom. The number of aliphatic hydroxyl groups is 1. The summed E-state index contributed by atoms with van der Waals surface area (Å²) in [6, 6.07) is 8.50. The molecule has 1 atom stereocenters. The van der Waals surface area contributed by atoms with Crippen molar-refractivity contribution >= 4 is 0 Å². The van der Waals surface area contributed by atoms with Gasteiger partial charge in [0.2, 0.25) is 0 Å². The summed E-state index contributed by atoms with van der Waals surface area (Å²) < 4.78 is 0. The van der Waals surface area contributed by atoms with Crippen molar-refractivity contribution in [1.29, 1.82) is 0 Å². The van der Waals surface area contributed by atoms with Gasteiger partial charge >= 0.3 is 0 Å². The lowest BCUT2D eigenvalue weighted by Gasteiger charge is -2.38. The van der Waals surface area contributed by atoms with Crippen LogP contribution in [-0.2, 0) is 11.0 Å². The number of piperidine rings is 1. The first-order chi connectivity index (χ1) is 8.31. The summed E-state index contributed by atoms with van der Waals surface area (Å²) in [5, 5.41) is 10.8. The lowest BCUT2D eigenvalue weighted by Crippen LogP contribution is -2.44. The highest BCUT2D eigenvalue weighted by Gasteiger charge is 2.33. The molecule has 1 N–H and O–H groups in total. The number of likely N-dealkylation sites (tertiary alicyclic amines) is 1. The Morgan fingerprint density at radius 1 is 1.17 bits per heavy atom. The lowest BCUT2D eigenvalue weighted by molar-refractivity contribution is -0.0278. The zero-order valence-electron chi connectivity index (χ0n) is 12.0. The summed E-state index contributed by atoms with van der Waals surface area (Å²) in [6.45, 7) is 8.46. The molecule has 100 valence electrons. The first-order valence-corrected chi connectivity index (χ1v) is 6.83. The van der Waals surface area contributed by atoms with Crippen LogP contribution in [0.2, 0.25) is 0 Å². The highest BCUT2D eigenvalue weighted by atomic mass is 16.3. The second kappa shape index (κ2) is 4.67. The Bertz CT molecular complexity index is 404. The summed E-state index contributed by atoms with van der Waals surface area (Å²) in [4.78, 5) is 2.21. The summed E-state index contributed by atoms with van der Waals surface area (Å²) in [7, 11) is 2.08. The van der Waals surface area contributed by atoms with Crippen LogP contribution in [0.3, 0.4) is 0 Å². The molecule has 1 aliphatic heterocycles. The molecule has 0 amide bonds. The molecule has 1 fully saturated rings. The molecule has 1 aromatic carbocycles. The highest BCUT2D eigenvalue weighted by molar-refractivity contribution is 5.31. The van der Waals surface area contributed by atoms with E-state index >= 15 is 0 Å². The average molecular weight is 247 g/mol. The van der Waals surface area contributed by atoms with Gasteiger partial charge < -0.3 is 10.0 Å². The first-order valence-electron chi connectivity index (χ1n) is 6.83. The van der Waals surface area contributed by atoms with Gasteiger partial charge in [0.15, 0.2) is 0 Å². The first kappa shape index (κ1) is 13.6. The quantitative estimate of drug-likeness (QED) is 0.825. The minimum absolute atomic E-state index is 0.171. The van der Waals surface area contributed by atoms with E-state index in [1.165, 1.54) is 5.56 Å². The van der Waals surface area contributed by atoms with Crippen LogP contribution in [0.4, 0.5) is 0 Å². The SMILES string of the molecule is CN1CCCC(O)(c2ccc(C(C)(C)C)cc2)C1. The molecule has 0 spiro atoms. The average Bonchev–Trinajstić information content (AvgIpc) is 2.28. The number of benzene rings is 1. The van der Waals surface area contributed by atoms with Gasteiger partial charge in [-0.2, -0.15) is 0 Å². The van der Waals surface area contributed by atoms with Gasteiger partial charge in [-0.15, -0.1) is 0 Å². The van der Waals surface area contributed by atoms with Crippen LogP contribution in [0.15, 0.2) is 24.3 Å². The second-order valence-electron chi connectivity index (χ2n) is 6.70. The third-order valence-corrected chi connectivity index (χ3v) is 3.95. The van der Waals surface area contributed by atoms with E-state index in [0.29, 0.717) is 0 Å². The van der Waals surface area contributed by atoms with E-state index in [9.17, 15) is 5.11 Å². The molecule has 1 aliphatic rings. The normalized spacial score (nSPS) is 26.3. The van der Waals surface area contributed by atoms with Gasteiger partial charge in [0.05, 0.1) is 0 Å². The van der Waals surface area contributed by atoms with Gasteiger partial charge in [-0.3, -0.25) is 0 Å². The number of hydrogen-bond acceptors (Lipinski definition) is 2.